The van der Waals surface area contributed by atoms with Crippen molar-refractivity contribution in [3.05, 3.63) is 87.7 Å². The normalized spacial score (nSPS) is 19.6. The molecular weight excluding hydrogens is 771 g/mol. The van der Waals surface area contributed by atoms with Crippen LogP contribution in [0, 0.1) is 11.3 Å². The number of anilines is 1. The van der Waals surface area contributed by atoms with Crippen LogP contribution in [0.1, 0.15) is 68.4 Å². The molecule has 2 N–H and O–H groups in total. The number of nitriles is 1. The fourth-order valence-corrected chi connectivity index (χ4v) is 8.94. The third kappa shape index (κ3) is 10.00. The van der Waals surface area contributed by atoms with Crippen LogP contribution in [0.3, 0.4) is 0 Å². The van der Waals surface area contributed by atoms with Crippen molar-refractivity contribution in [2.75, 3.05) is 25.0 Å². The molecule has 3 heterocycles. The minimum Gasteiger partial charge on any atom is -0.464 e. The van der Waals surface area contributed by atoms with Gasteiger partial charge >= 0.3 is 11.9 Å². The summed E-state index contributed by atoms with van der Waals surface area (Å²) in [6, 6.07) is 10.3. The Morgan fingerprint density at radius 3 is 2.38 bits per heavy atom. The topological polar surface area (TPSA) is 188 Å². The maximum Gasteiger partial charge on any atom is 0.328 e. The van der Waals surface area contributed by atoms with Crippen LogP contribution in [-0.4, -0.2) is 95.8 Å². The number of amides is 2. The summed E-state index contributed by atoms with van der Waals surface area (Å²) in [6.07, 6.45) is 3.79. The highest BCUT2D eigenvalue weighted by atomic mass is 35.5. The number of hydrogen-bond donors (Lipinski definition) is 2. The van der Waals surface area contributed by atoms with Gasteiger partial charge < -0.3 is 20.1 Å². The minimum atomic E-state index is -4.35. The number of hydrogen-bond acceptors (Lipinski definition) is 11. The van der Waals surface area contributed by atoms with E-state index >= 15 is 0 Å². The largest absolute Gasteiger partial charge is 0.464 e. The molecule has 0 bridgehead atoms. The Morgan fingerprint density at radius 2 is 1.75 bits per heavy atom. The fourth-order valence-electron chi connectivity index (χ4n) is 6.72. The summed E-state index contributed by atoms with van der Waals surface area (Å²) in [6.45, 7) is 7.33. The summed E-state index contributed by atoms with van der Waals surface area (Å²) in [5.74, 6) is -2.44. The van der Waals surface area contributed by atoms with Gasteiger partial charge in [-0.15, -0.1) is 0 Å². The Balaban J connectivity index is 1.39. The van der Waals surface area contributed by atoms with Crippen LogP contribution >= 0.6 is 23.2 Å². The Labute approximate surface area is 330 Å². The number of nitrogens with one attached hydrogen (secondary N) is 2. The van der Waals surface area contributed by atoms with Crippen molar-refractivity contribution in [2.24, 2.45) is 0 Å². The van der Waals surface area contributed by atoms with Gasteiger partial charge in [-0.05, 0) is 89.4 Å². The molecule has 0 unspecified atom stereocenters. The number of benzene rings is 2. The fraction of sp³-hybridized carbons (Fsp3) is 0.421. The zero-order valence-corrected chi connectivity index (χ0v) is 33.1. The molecule has 2 aliphatic rings. The summed E-state index contributed by atoms with van der Waals surface area (Å²) in [7, 11) is -4.35. The van der Waals surface area contributed by atoms with E-state index in [2.05, 4.69) is 15.6 Å². The molecule has 5 rings (SSSR count). The van der Waals surface area contributed by atoms with E-state index in [1.807, 2.05) is 11.0 Å². The zero-order chi connectivity index (χ0) is 40.1. The monoisotopic (exact) mass is 812 g/mol. The van der Waals surface area contributed by atoms with Gasteiger partial charge in [0.05, 0.1) is 38.7 Å². The minimum absolute atomic E-state index is 0.0255. The molecule has 14 nitrogen and oxygen atoms in total. The number of carbonyl (C=O) groups excluding carboxylic acids is 4. The van der Waals surface area contributed by atoms with Crippen LogP contribution in [-0.2, 0) is 40.3 Å². The lowest BCUT2D eigenvalue weighted by Gasteiger charge is -2.31. The molecule has 2 amide bonds. The van der Waals surface area contributed by atoms with Gasteiger partial charge in [0.2, 0.25) is 15.9 Å². The van der Waals surface area contributed by atoms with Crippen LogP contribution in [0.25, 0.3) is 0 Å². The molecule has 4 atom stereocenters. The Bertz CT molecular complexity index is 2070. The molecule has 292 valence electrons. The highest BCUT2D eigenvalue weighted by Gasteiger charge is 2.49. The predicted molar refractivity (Wildman–Crippen MR) is 204 cm³/mol. The quantitative estimate of drug-likeness (QED) is 0.241. The lowest BCUT2D eigenvalue weighted by atomic mass is 10.0. The van der Waals surface area contributed by atoms with E-state index in [1.165, 1.54) is 36.7 Å². The van der Waals surface area contributed by atoms with Crippen molar-refractivity contribution < 1.29 is 37.1 Å². The molecule has 0 aliphatic carbocycles. The van der Waals surface area contributed by atoms with E-state index in [1.54, 1.807) is 52.0 Å². The highest BCUT2D eigenvalue weighted by Crippen LogP contribution is 2.34. The molecule has 0 radical (unpaired) electrons. The number of pyridine rings is 1. The molecule has 3 aromatic rings. The number of esters is 2. The second-order valence-corrected chi connectivity index (χ2v) is 16.9. The summed E-state index contributed by atoms with van der Waals surface area (Å²) < 4.78 is 40.5. The van der Waals surface area contributed by atoms with Crippen LogP contribution < -0.4 is 10.6 Å². The number of ether oxygens (including phenoxy) is 2. The van der Waals surface area contributed by atoms with Crippen molar-refractivity contribution in [3.63, 3.8) is 0 Å². The highest BCUT2D eigenvalue weighted by molar-refractivity contribution is 7.89. The van der Waals surface area contributed by atoms with E-state index in [4.69, 9.17) is 32.7 Å². The third-order valence-electron chi connectivity index (χ3n) is 9.17. The van der Waals surface area contributed by atoms with Gasteiger partial charge in [-0.25, -0.2) is 13.2 Å². The molecule has 2 fully saturated rings. The first-order chi connectivity index (χ1) is 26.0. The second-order valence-electron chi connectivity index (χ2n) is 14.2. The van der Waals surface area contributed by atoms with E-state index in [0.29, 0.717) is 30.6 Å². The van der Waals surface area contributed by atoms with Gasteiger partial charge in [-0.3, -0.25) is 24.3 Å². The molecule has 0 spiro atoms. The summed E-state index contributed by atoms with van der Waals surface area (Å²) in [4.78, 5) is 59.2. The third-order valence-corrected chi connectivity index (χ3v) is 11.6. The lowest BCUT2D eigenvalue weighted by molar-refractivity contribution is -0.161. The van der Waals surface area contributed by atoms with E-state index in [9.17, 15) is 32.9 Å². The van der Waals surface area contributed by atoms with Gasteiger partial charge in [-0.2, -0.15) is 9.57 Å². The van der Waals surface area contributed by atoms with Gasteiger partial charge in [0, 0.05) is 37.1 Å². The molecule has 2 saturated heterocycles. The zero-order valence-electron chi connectivity index (χ0n) is 30.8. The first kappa shape index (κ1) is 41.6. The van der Waals surface area contributed by atoms with Crippen molar-refractivity contribution in [1.82, 2.24) is 19.5 Å². The maximum absolute atomic E-state index is 14.2. The lowest BCUT2D eigenvalue weighted by Crippen LogP contribution is -2.51. The molecule has 0 saturated carbocycles. The molecule has 17 heteroatoms. The summed E-state index contributed by atoms with van der Waals surface area (Å²) in [5, 5.41) is 15.1. The van der Waals surface area contributed by atoms with Gasteiger partial charge in [0.25, 0.3) is 5.91 Å². The summed E-state index contributed by atoms with van der Waals surface area (Å²) >= 11 is 12.2. The maximum atomic E-state index is 14.2. The van der Waals surface area contributed by atoms with E-state index in [0.717, 1.165) is 4.31 Å². The molecular formula is C38H42Cl2N6O8S. The van der Waals surface area contributed by atoms with Gasteiger partial charge in [0.15, 0.2) is 0 Å². The molecule has 2 aliphatic heterocycles. The van der Waals surface area contributed by atoms with Crippen LogP contribution in [0.5, 0.6) is 0 Å². The molecule has 2 aromatic carbocycles. The average Bonchev–Trinajstić information content (AvgIpc) is 3.80. The Morgan fingerprint density at radius 1 is 1.05 bits per heavy atom. The van der Waals surface area contributed by atoms with Crippen molar-refractivity contribution in [3.8, 4) is 6.07 Å². The van der Waals surface area contributed by atoms with Crippen molar-refractivity contribution >= 4 is 62.7 Å². The first-order valence-corrected chi connectivity index (χ1v) is 19.9. The second kappa shape index (κ2) is 17.5. The number of aromatic nitrogens is 1. The number of carbonyl (C=O) groups is 4. The molecule has 55 heavy (non-hydrogen) atoms. The van der Waals surface area contributed by atoms with Crippen LogP contribution in [0.15, 0.2) is 65.8 Å². The number of halogens is 2. The predicted octanol–water partition coefficient (Wildman–Crippen LogP) is 4.74. The summed E-state index contributed by atoms with van der Waals surface area (Å²) in [5.41, 5.74) is 0.444. The van der Waals surface area contributed by atoms with Gasteiger partial charge in [-0.1, -0.05) is 41.4 Å². The standard InChI is InChI=1S/C38H42Cl2N6O8S/c1-5-53-36(49)30(17-23-11-13-25(14-12-23)43-35(48)33-28(39)20-42-21-29(33)40)44-34(47)32-18-26(45-15-7-10-31(45)37(50)54-38(2,3)4)22-46(32)55(51,52)27-9-6-8-24(16-27)19-41/h6,8-9,11-14,16,20-21,26,30-32H,5,7,10,15,17-18,22H2,1-4H3,(H,43,48)(H,44,47)/t26-,30+,31-,32+/m1/s1. The van der Waals surface area contributed by atoms with Crippen molar-refractivity contribution in [1.29, 1.82) is 5.26 Å². The Hall–Kier alpha value is -4.59. The Kier molecular flexibility index (Phi) is 13.2. The average molecular weight is 814 g/mol. The number of nitrogens with zero attached hydrogens (tertiary/aromatic N) is 4. The van der Waals surface area contributed by atoms with Gasteiger partial charge in [0.1, 0.15) is 23.7 Å². The smallest absolute Gasteiger partial charge is 0.328 e. The first-order valence-electron chi connectivity index (χ1n) is 17.7. The van der Waals surface area contributed by atoms with Crippen LogP contribution in [0.4, 0.5) is 5.69 Å². The van der Waals surface area contributed by atoms with Crippen molar-refractivity contribution in [2.45, 2.75) is 88.0 Å². The molecule has 1 aromatic heterocycles. The number of rotatable bonds is 12. The number of likely N-dealkylation sites (tertiary alicyclic amines) is 1. The number of sulfonamides is 1. The van der Waals surface area contributed by atoms with E-state index < -0.39 is 63.5 Å². The van der Waals surface area contributed by atoms with E-state index in [-0.39, 0.29) is 52.1 Å². The SMILES string of the molecule is CCOC(=O)[C@H](Cc1ccc(NC(=O)c2c(Cl)cncc2Cl)cc1)NC(=O)[C@@H]1C[C@@H](N2CCC[C@@H]2C(=O)OC(C)(C)C)CN1S(=O)(=O)c1cccc(C#N)c1. The van der Waals surface area contributed by atoms with Crippen LogP contribution in [0.2, 0.25) is 10.0 Å².